The first-order chi connectivity index (χ1) is 8.83. The zero-order chi connectivity index (χ0) is 12.8. The van der Waals surface area contributed by atoms with Crippen LogP contribution in [0.4, 0.5) is 0 Å². The molecule has 0 radical (unpaired) electrons. The van der Waals surface area contributed by atoms with Crippen molar-refractivity contribution < 1.29 is 5.11 Å². The fourth-order valence-electron chi connectivity index (χ4n) is 1.91. The lowest BCUT2D eigenvalue weighted by Crippen LogP contribution is -2.12. The van der Waals surface area contributed by atoms with E-state index in [1.807, 2.05) is 12.1 Å². The van der Waals surface area contributed by atoms with E-state index in [1.54, 1.807) is 0 Å². The molecule has 0 aliphatic rings. The molecule has 2 aromatic carbocycles. The largest absolute Gasteiger partial charge is 0.396 e. The molecule has 0 unspecified atom stereocenters. The summed E-state index contributed by atoms with van der Waals surface area (Å²) in [6.45, 7) is 4.33. The molecule has 0 fully saturated rings. The predicted molar refractivity (Wildman–Crippen MR) is 79.9 cm³/mol. The molecule has 0 spiro atoms. The van der Waals surface area contributed by atoms with Gasteiger partial charge in [-0.15, -0.1) is 0 Å². The number of benzene rings is 2. The van der Waals surface area contributed by atoms with E-state index >= 15 is 0 Å². The van der Waals surface area contributed by atoms with Crippen LogP contribution in [-0.4, -0.2) is 11.7 Å². The van der Waals surface area contributed by atoms with Gasteiger partial charge in [-0.1, -0.05) is 67.2 Å². The molecule has 1 nitrogen and oxygen atoms in total. The van der Waals surface area contributed by atoms with Crippen LogP contribution in [0.15, 0.2) is 72.6 Å². The molecule has 18 heavy (non-hydrogen) atoms. The van der Waals surface area contributed by atoms with Crippen molar-refractivity contribution in [3.63, 3.8) is 0 Å². The van der Waals surface area contributed by atoms with Gasteiger partial charge in [-0.25, -0.2) is 0 Å². The number of hydrogen-bond acceptors (Lipinski definition) is 1. The van der Waals surface area contributed by atoms with Crippen molar-refractivity contribution in [3.05, 3.63) is 72.6 Å². The first-order valence-electron chi connectivity index (χ1n) is 6.02. The van der Waals surface area contributed by atoms with Gasteiger partial charge < -0.3 is 5.11 Å². The quantitative estimate of drug-likeness (QED) is 0.815. The summed E-state index contributed by atoms with van der Waals surface area (Å²) < 4.78 is 0. The van der Waals surface area contributed by atoms with Crippen LogP contribution in [0.25, 0.3) is 0 Å². The number of rotatable bonds is 5. The van der Waals surface area contributed by atoms with Crippen LogP contribution in [0.5, 0.6) is 0 Å². The van der Waals surface area contributed by atoms with Gasteiger partial charge in [0.05, 0.1) is 0 Å². The van der Waals surface area contributed by atoms with Crippen molar-refractivity contribution in [2.45, 2.75) is 6.42 Å². The van der Waals surface area contributed by atoms with Gasteiger partial charge in [0.25, 0.3) is 0 Å². The highest BCUT2D eigenvalue weighted by atomic mass is 31.1. The van der Waals surface area contributed by atoms with Gasteiger partial charge in [0.15, 0.2) is 0 Å². The highest BCUT2D eigenvalue weighted by molar-refractivity contribution is 7.76. The average molecular weight is 256 g/mol. The Kier molecular flexibility index (Phi) is 4.69. The van der Waals surface area contributed by atoms with Gasteiger partial charge in [-0.2, -0.15) is 0 Å². The topological polar surface area (TPSA) is 20.2 Å². The number of aliphatic hydroxyl groups is 1. The second-order valence-electron chi connectivity index (χ2n) is 4.05. The zero-order valence-electron chi connectivity index (χ0n) is 10.3. The Morgan fingerprint density at radius 3 is 1.72 bits per heavy atom. The molecule has 0 amide bonds. The standard InChI is InChI=1S/C16H17OP/c1-14(12-13-17)18(15-8-4-2-5-9-15)16-10-6-3-7-11-16/h2-11,17H,1,12-13H2. The Morgan fingerprint density at radius 2 is 1.33 bits per heavy atom. The van der Waals surface area contributed by atoms with Gasteiger partial charge in [-0.3, -0.25) is 0 Å². The van der Waals surface area contributed by atoms with E-state index in [1.165, 1.54) is 10.6 Å². The normalized spacial score (nSPS) is 10.6. The van der Waals surface area contributed by atoms with Gasteiger partial charge in [0, 0.05) is 6.61 Å². The van der Waals surface area contributed by atoms with Crippen LogP contribution in [-0.2, 0) is 0 Å². The Hall–Kier alpha value is -1.43. The second-order valence-corrected chi connectivity index (χ2v) is 6.38. The molecule has 0 saturated heterocycles. The molecule has 0 saturated carbocycles. The second kappa shape index (κ2) is 6.49. The van der Waals surface area contributed by atoms with E-state index in [0.29, 0.717) is 6.42 Å². The minimum atomic E-state index is -0.572. The maximum atomic E-state index is 9.13. The van der Waals surface area contributed by atoms with Crippen LogP contribution in [0.1, 0.15) is 6.42 Å². The van der Waals surface area contributed by atoms with E-state index in [-0.39, 0.29) is 6.61 Å². The number of aliphatic hydroxyl groups excluding tert-OH is 1. The maximum absolute atomic E-state index is 9.13. The fourth-order valence-corrected chi connectivity index (χ4v) is 4.20. The zero-order valence-corrected chi connectivity index (χ0v) is 11.2. The molecule has 2 aromatic rings. The molecular weight excluding hydrogens is 239 g/mol. The molecule has 0 atom stereocenters. The summed E-state index contributed by atoms with van der Waals surface area (Å²) in [6, 6.07) is 20.8. The summed E-state index contributed by atoms with van der Waals surface area (Å²) in [6.07, 6.45) is 0.662. The first kappa shape index (κ1) is 13.0. The third-order valence-electron chi connectivity index (χ3n) is 2.75. The minimum absolute atomic E-state index is 0.164. The van der Waals surface area contributed by atoms with E-state index < -0.39 is 7.92 Å². The Balaban J connectivity index is 2.38. The SMILES string of the molecule is C=C(CCO)P(c1ccccc1)c1ccccc1. The Bertz CT molecular complexity index is 454. The smallest absolute Gasteiger partial charge is 0.0471 e. The van der Waals surface area contributed by atoms with Gasteiger partial charge in [-0.05, 0) is 30.3 Å². The maximum Gasteiger partial charge on any atom is 0.0471 e. The lowest BCUT2D eigenvalue weighted by Gasteiger charge is -2.20. The molecule has 92 valence electrons. The van der Waals surface area contributed by atoms with E-state index in [9.17, 15) is 0 Å². The van der Waals surface area contributed by atoms with Crippen molar-refractivity contribution in [2.24, 2.45) is 0 Å². The van der Waals surface area contributed by atoms with Gasteiger partial charge in [0.1, 0.15) is 0 Å². The van der Waals surface area contributed by atoms with Crippen LogP contribution in [0, 0.1) is 0 Å². The van der Waals surface area contributed by atoms with Crippen molar-refractivity contribution in [2.75, 3.05) is 6.61 Å². The molecule has 0 heterocycles. The highest BCUT2D eigenvalue weighted by Crippen LogP contribution is 2.43. The average Bonchev–Trinajstić information content (AvgIpc) is 2.42. The summed E-state index contributed by atoms with van der Waals surface area (Å²) in [5.74, 6) is 0. The lowest BCUT2D eigenvalue weighted by molar-refractivity contribution is 0.301. The van der Waals surface area contributed by atoms with E-state index in [0.717, 1.165) is 5.31 Å². The van der Waals surface area contributed by atoms with Crippen molar-refractivity contribution in [3.8, 4) is 0 Å². The molecule has 0 aliphatic carbocycles. The Morgan fingerprint density at radius 1 is 0.889 bits per heavy atom. The van der Waals surface area contributed by atoms with Crippen LogP contribution < -0.4 is 10.6 Å². The molecule has 0 aromatic heterocycles. The summed E-state index contributed by atoms with van der Waals surface area (Å²) in [4.78, 5) is 0. The van der Waals surface area contributed by atoms with Gasteiger partial charge in [0.2, 0.25) is 0 Å². The minimum Gasteiger partial charge on any atom is -0.396 e. The molecule has 1 N–H and O–H groups in total. The molecule has 0 aliphatic heterocycles. The molecule has 2 rings (SSSR count). The van der Waals surface area contributed by atoms with Crippen LogP contribution in [0.2, 0.25) is 0 Å². The van der Waals surface area contributed by atoms with E-state index in [4.69, 9.17) is 5.11 Å². The van der Waals surface area contributed by atoms with Gasteiger partial charge >= 0.3 is 0 Å². The third-order valence-corrected chi connectivity index (χ3v) is 5.23. The van der Waals surface area contributed by atoms with Crippen molar-refractivity contribution >= 4 is 18.5 Å². The summed E-state index contributed by atoms with van der Waals surface area (Å²) in [7, 11) is -0.572. The van der Waals surface area contributed by atoms with Crippen LogP contribution >= 0.6 is 7.92 Å². The first-order valence-corrected chi connectivity index (χ1v) is 7.36. The summed E-state index contributed by atoms with van der Waals surface area (Å²) >= 11 is 0. The Labute approximate surface area is 110 Å². The monoisotopic (exact) mass is 256 g/mol. The third kappa shape index (κ3) is 3.07. The summed E-state index contributed by atoms with van der Waals surface area (Å²) in [5, 5.41) is 12.8. The summed E-state index contributed by atoms with van der Waals surface area (Å²) in [5.41, 5.74) is 0. The van der Waals surface area contributed by atoms with E-state index in [2.05, 4.69) is 55.1 Å². The van der Waals surface area contributed by atoms with Crippen LogP contribution in [0.3, 0.4) is 0 Å². The predicted octanol–water partition coefficient (Wildman–Crippen LogP) is 3.02. The number of hydrogen-bond donors (Lipinski definition) is 1. The highest BCUT2D eigenvalue weighted by Gasteiger charge is 2.16. The fraction of sp³-hybridized carbons (Fsp3) is 0.125. The van der Waals surface area contributed by atoms with Crippen molar-refractivity contribution in [1.29, 1.82) is 0 Å². The molecule has 0 bridgehead atoms. The molecular formula is C16H17OP. The molecule has 2 heteroatoms. The van der Waals surface area contributed by atoms with Crippen molar-refractivity contribution in [1.82, 2.24) is 0 Å². The lowest BCUT2D eigenvalue weighted by atomic mass is 10.4.